The summed E-state index contributed by atoms with van der Waals surface area (Å²) >= 11 is 3.24. The van der Waals surface area contributed by atoms with E-state index in [2.05, 4.69) is 21.2 Å². The first-order valence-corrected chi connectivity index (χ1v) is 6.75. The lowest BCUT2D eigenvalue weighted by atomic mass is 10.1. The number of carboxylic acids is 2. The van der Waals surface area contributed by atoms with Crippen molar-refractivity contribution < 1.29 is 24.6 Å². The van der Waals surface area contributed by atoms with Crippen LogP contribution >= 0.6 is 15.9 Å². The maximum absolute atomic E-state index is 12.0. The van der Waals surface area contributed by atoms with Crippen LogP contribution in [0.4, 0.5) is 0 Å². The zero-order valence-electron chi connectivity index (χ0n) is 10.8. The molecule has 1 aromatic rings. The van der Waals surface area contributed by atoms with E-state index in [1.54, 1.807) is 16.8 Å². The second kappa shape index (κ2) is 7.09. The van der Waals surface area contributed by atoms with Crippen LogP contribution in [-0.2, 0) is 16.1 Å². The molecule has 0 unspecified atom stereocenters. The van der Waals surface area contributed by atoms with Crippen LogP contribution in [0.5, 0.6) is 0 Å². The Hall–Kier alpha value is -1.83. The number of aryl methyl sites for hydroxylation is 1. The van der Waals surface area contributed by atoms with Crippen LogP contribution in [0.3, 0.4) is 0 Å². The Labute approximate surface area is 123 Å². The first-order chi connectivity index (χ1) is 9.35. The molecule has 0 bridgehead atoms. The van der Waals surface area contributed by atoms with Crippen LogP contribution in [0.1, 0.15) is 30.3 Å². The summed E-state index contributed by atoms with van der Waals surface area (Å²) in [5, 5.41) is 19.9. The third-order valence-electron chi connectivity index (χ3n) is 2.69. The summed E-state index contributed by atoms with van der Waals surface area (Å²) in [5.74, 6) is -2.91. The van der Waals surface area contributed by atoms with Gasteiger partial charge in [0.15, 0.2) is 0 Å². The second-order valence-corrected chi connectivity index (χ2v) is 5.04. The predicted octanol–water partition coefficient (Wildman–Crippen LogP) is 1.32. The average molecular weight is 347 g/mol. The lowest BCUT2D eigenvalue weighted by molar-refractivity contribution is -0.140. The molecule has 0 aliphatic carbocycles. The highest BCUT2D eigenvalue weighted by Crippen LogP contribution is 2.15. The Morgan fingerprint density at radius 3 is 2.55 bits per heavy atom. The van der Waals surface area contributed by atoms with E-state index >= 15 is 0 Å². The van der Waals surface area contributed by atoms with Crippen molar-refractivity contribution in [3.8, 4) is 0 Å². The Morgan fingerprint density at radius 1 is 1.40 bits per heavy atom. The molecule has 3 N–H and O–H groups in total. The van der Waals surface area contributed by atoms with Crippen molar-refractivity contribution >= 4 is 33.8 Å². The number of nitrogens with one attached hydrogen (secondary N) is 1. The highest BCUT2D eigenvalue weighted by Gasteiger charge is 2.23. The molecule has 7 nitrogen and oxygen atoms in total. The van der Waals surface area contributed by atoms with E-state index in [1.807, 2.05) is 6.92 Å². The van der Waals surface area contributed by atoms with Crippen molar-refractivity contribution in [1.82, 2.24) is 9.88 Å². The number of carbonyl (C=O) groups is 3. The molecule has 8 heteroatoms. The molecule has 0 saturated carbocycles. The highest BCUT2D eigenvalue weighted by atomic mass is 79.9. The van der Waals surface area contributed by atoms with E-state index in [0.29, 0.717) is 16.7 Å². The summed E-state index contributed by atoms with van der Waals surface area (Å²) in [7, 11) is 0. The SMILES string of the molecule is CCn1cc(Br)cc1C(=O)N[C@@H](CCC(=O)O)C(=O)O. The fourth-order valence-electron chi connectivity index (χ4n) is 1.68. The number of hydrogen-bond donors (Lipinski definition) is 3. The van der Waals surface area contributed by atoms with E-state index in [1.165, 1.54) is 0 Å². The Morgan fingerprint density at radius 2 is 2.05 bits per heavy atom. The summed E-state index contributed by atoms with van der Waals surface area (Å²) in [4.78, 5) is 33.5. The summed E-state index contributed by atoms with van der Waals surface area (Å²) in [5.41, 5.74) is 0.320. The monoisotopic (exact) mass is 346 g/mol. The van der Waals surface area contributed by atoms with Gasteiger partial charge in [0, 0.05) is 23.6 Å². The number of halogens is 1. The van der Waals surface area contributed by atoms with Gasteiger partial charge in [-0.25, -0.2) is 4.79 Å². The topological polar surface area (TPSA) is 109 Å². The van der Waals surface area contributed by atoms with Crippen LogP contribution < -0.4 is 5.32 Å². The number of carbonyl (C=O) groups excluding carboxylic acids is 1. The lowest BCUT2D eigenvalue weighted by Gasteiger charge is -2.14. The minimum atomic E-state index is -1.26. The predicted molar refractivity (Wildman–Crippen MR) is 73.6 cm³/mol. The number of aromatic nitrogens is 1. The van der Waals surface area contributed by atoms with Gasteiger partial charge in [-0.1, -0.05) is 0 Å². The molecule has 1 amide bonds. The van der Waals surface area contributed by atoms with Gasteiger partial charge in [-0.3, -0.25) is 9.59 Å². The molecule has 1 heterocycles. The molecule has 1 aromatic heterocycles. The molecule has 20 heavy (non-hydrogen) atoms. The van der Waals surface area contributed by atoms with Gasteiger partial charge in [-0.15, -0.1) is 0 Å². The van der Waals surface area contributed by atoms with Crippen molar-refractivity contribution in [3.63, 3.8) is 0 Å². The molecule has 1 atom stereocenters. The quantitative estimate of drug-likeness (QED) is 0.689. The normalized spacial score (nSPS) is 11.9. The number of aliphatic carboxylic acids is 2. The highest BCUT2D eigenvalue weighted by molar-refractivity contribution is 9.10. The van der Waals surface area contributed by atoms with E-state index in [4.69, 9.17) is 10.2 Å². The molecule has 0 aliphatic rings. The number of rotatable bonds is 7. The third-order valence-corrected chi connectivity index (χ3v) is 3.12. The molecular weight excluding hydrogens is 332 g/mol. The van der Waals surface area contributed by atoms with Crippen molar-refractivity contribution in [2.24, 2.45) is 0 Å². The van der Waals surface area contributed by atoms with Crippen LogP contribution in [0, 0.1) is 0 Å². The molecular formula is C12H15BrN2O5. The Bertz CT molecular complexity index is 526. The molecule has 0 saturated heterocycles. The zero-order chi connectivity index (χ0) is 15.3. The maximum atomic E-state index is 12.0. The largest absolute Gasteiger partial charge is 0.481 e. The number of nitrogens with zero attached hydrogens (tertiary/aromatic N) is 1. The second-order valence-electron chi connectivity index (χ2n) is 4.13. The minimum absolute atomic E-state index is 0.162. The number of carboxylic acid groups (broad SMARTS) is 2. The van der Waals surface area contributed by atoms with Gasteiger partial charge in [0.1, 0.15) is 11.7 Å². The van der Waals surface area contributed by atoms with Gasteiger partial charge >= 0.3 is 11.9 Å². The Kier molecular flexibility index (Phi) is 5.75. The first kappa shape index (κ1) is 16.2. The molecule has 0 aliphatic heterocycles. The van der Waals surface area contributed by atoms with Gasteiger partial charge in [-0.2, -0.15) is 0 Å². The standard InChI is InChI=1S/C12H15BrN2O5/c1-2-15-6-7(13)5-9(15)11(18)14-8(12(19)20)3-4-10(16)17/h5-6,8H,2-4H2,1H3,(H,14,18)(H,16,17)(H,19,20)/t8-/m0/s1. The number of amides is 1. The van der Waals surface area contributed by atoms with Gasteiger partial charge in [0.2, 0.25) is 0 Å². The first-order valence-electron chi connectivity index (χ1n) is 5.96. The lowest BCUT2D eigenvalue weighted by Crippen LogP contribution is -2.41. The average Bonchev–Trinajstić information content (AvgIpc) is 2.74. The zero-order valence-corrected chi connectivity index (χ0v) is 12.4. The van der Waals surface area contributed by atoms with Gasteiger partial charge in [-0.05, 0) is 35.3 Å². The van der Waals surface area contributed by atoms with E-state index < -0.39 is 23.9 Å². The van der Waals surface area contributed by atoms with Crippen LogP contribution in [-0.4, -0.2) is 38.7 Å². The van der Waals surface area contributed by atoms with E-state index in [-0.39, 0.29) is 12.8 Å². The fraction of sp³-hybridized carbons (Fsp3) is 0.417. The fourth-order valence-corrected chi connectivity index (χ4v) is 2.15. The molecule has 110 valence electrons. The number of hydrogen-bond acceptors (Lipinski definition) is 3. The van der Waals surface area contributed by atoms with Crippen LogP contribution in [0.25, 0.3) is 0 Å². The van der Waals surface area contributed by atoms with Crippen molar-refractivity contribution in [2.45, 2.75) is 32.4 Å². The van der Waals surface area contributed by atoms with Crippen molar-refractivity contribution in [2.75, 3.05) is 0 Å². The summed E-state index contributed by atoms with van der Waals surface area (Å²) in [6, 6.07) is 0.354. The Balaban J connectivity index is 2.79. The van der Waals surface area contributed by atoms with Gasteiger partial charge in [0.05, 0.1) is 0 Å². The van der Waals surface area contributed by atoms with Crippen LogP contribution in [0.15, 0.2) is 16.7 Å². The van der Waals surface area contributed by atoms with Crippen LogP contribution in [0.2, 0.25) is 0 Å². The van der Waals surface area contributed by atoms with E-state index in [9.17, 15) is 14.4 Å². The minimum Gasteiger partial charge on any atom is -0.481 e. The molecule has 0 aromatic carbocycles. The molecule has 0 radical (unpaired) electrons. The van der Waals surface area contributed by atoms with Gasteiger partial charge < -0.3 is 20.1 Å². The smallest absolute Gasteiger partial charge is 0.326 e. The van der Waals surface area contributed by atoms with Gasteiger partial charge in [0.25, 0.3) is 5.91 Å². The summed E-state index contributed by atoms with van der Waals surface area (Å²) in [6.07, 6.45) is 1.22. The van der Waals surface area contributed by atoms with Crippen molar-refractivity contribution in [1.29, 1.82) is 0 Å². The summed E-state index contributed by atoms with van der Waals surface area (Å²) in [6.45, 7) is 2.41. The third kappa shape index (κ3) is 4.37. The summed E-state index contributed by atoms with van der Waals surface area (Å²) < 4.78 is 2.37. The molecule has 1 rings (SSSR count). The van der Waals surface area contributed by atoms with Crippen molar-refractivity contribution in [3.05, 3.63) is 22.4 Å². The molecule has 0 spiro atoms. The maximum Gasteiger partial charge on any atom is 0.326 e. The van der Waals surface area contributed by atoms with E-state index in [0.717, 1.165) is 0 Å². The molecule has 0 fully saturated rings.